The van der Waals surface area contributed by atoms with Gasteiger partial charge >= 0.3 is 0 Å². The molecule has 0 radical (unpaired) electrons. The van der Waals surface area contributed by atoms with E-state index in [-0.39, 0.29) is 18.8 Å². The number of rotatable bonds is 4. The zero-order valence-corrected chi connectivity index (χ0v) is 14.3. The molecule has 2 aliphatic rings. The molecule has 0 saturated heterocycles. The molecule has 0 unspecified atom stereocenters. The van der Waals surface area contributed by atoms with Crippen molar-refractivity contribution in [2.24, 2.45) is 0 Å². The number of methoxy groups -OCH3 is 2. The quantitative estimate of drug-likeness (QED) is 0.674. The minimum absolute atomic E-state index is 0.255. The first-order chi connectivity index (χ1) is 12.6. The Morgan fingerprint density at radius 1 is 1.23 bits per heavy atom. The van der Waals surface area contributed by atoms with Gasteiger partial charge in [0.05, 0.1) is 11.3 Å². The third-order valence-corrected chi connectivity index (χ3v) is 4.48. The number of ether oxygens (including phenoxy) is 3. The SMILES string of the molecule is COC(Cc1ccc2c(n1)COC2=C1C(=O)Nc2ccc(F)cc21)OC. The van der Waals surface area contributed by atoms with E-state index in [9.17, 15) is 9.18 Å². The van der Waals surface area contributed by atoms with Crippen molar-refractivity contribution in [2.75, 3.05) is 19.5 Å². The molecule has 0 fully saturated rings. The molecule has 0 spiro atoms. The lowest BCUT2D eigenvalue weighted by molar-refractivity contribution is -0.110. The van der Waals surface area contributed by atoms with Gasteiger partial charge in [-0.1, -0.05) is 0 Å². The highest BCUT2D eigenvalue weighted by atomic mass is 19.1. The van der Waals surface area contributed by atoms with E-state index in [2.05, 4.69) is 10.3 Å². The molecule has 1 aromatic heterocycles. The lowest BCUT2D eigenvalue weighted by Gasteiger charge is -2.12. The second-order valence-electron chi connectivity index (χ2n) is 6.04. The van der Waals surface area contributed by atoms with Gasteiger partial charge < -0.3 is 19.5 Å². The number of hydrogen-bond donors (Lipinski definition) is 1. The number of nitrogens with zero attached hydrogens (tertiary/aromatic N) is 1. The largest absolute Gasteiger partial charge is 0.486 e. The van der Waals surface area contributed by atoms with Gasteiger partial charge in [0.2, 0.25) is 0 Å². The Morgan fingerprint density at radius 3 is 2.81 bits per heavy atom. The van der Waals surface area contributed by atoms with Crippen molar-refractivity contribution in [1.29, 1.82) is 0 Å². The van der Waals surface area contributed by atoms with Crippen LogP contribution < -0.4 is 5.32 Å². The number of anilines is 1. The monoisotopic (exact) mass is 356 g/mol. The van der Waals surface area contributed by atoms with Gasteiger partial charge in [0.1, 0.15) is 18.2 Å². The van der Waals surface area contributed by atoms with Crippen LogP contribution in [0.25, 0.3) is 11.3 Å². The maximum absolute atomic E-state index is 13.6. The topological polar surface area (TPSA) is 69.7 Å². The Kier molecular flexibility index (Phi) is 4.18. The van der Waals surface area contributed by atoms with Crippen molar-refractivity contribution in [3.8, 4) is 0 Å². The summed E-state index contributed by atoms with van der Waals surface area (Å²) in [6.07, 6.45) is 0.122. The summed E-state index contributed by atoms with van der Waals surface area (Å²) in [5, 5.41) is 2.74. The van der Waals surface area contributed by atoms with Crippen LogP contribution in [0.2, 0.25) is 0 Å². The fraction of sp³-hybridized carbons (Fsp3) is 0.263. The second-order valence-corrected chi connectivity index (χ2v) is 6.04. The molecule has 2 aliphatic heterocycles. The normalized spacial score (nSPS) is 17.9. The van der Waals surface area contributed by atoms with Crippen molar-refractivity contribution in [3.63, 3.8) is 0 Å². The fourth-order valence-electron chi connectivity index (χ4n) is 3.20. The molecule has 1 N–H and O–H groups in total. The highest BCUT2D eigenvalue weighted by Crippen LogP contribution is 2.41. The molecule has 0 bridgehead atoms. The molecular weight excluding hydrogens is 339 g/mol. The van der Waals surface area contributed by atoms with E-state index in [1.165, 1.54) is 12.1 Å². The van der Waals surface area contributed by atoms with Gasteiger partial charge in [0.25, 0.3) is 5.91 Å². The molecule has 134 valence electrons. The summed E-state index contributed by atoms with van der Waals surface area (Å²) in [7, 11) is 3.14. The summed E-state index contributed by atoms with van der Waals surface area (Å²) in [6, 6.07) is 7.90. The van der Waals surface area contributed by atoms with Crippen molar-refractivity contribution < 1.29 is 23.4 Å². The van der Waals surface area contributed by atoms with E-state index in [1.54, 1.807) is 20.3 Å². The van der Waals surface area contributed by atoms with E-state index in [0.29, 0.717) is 29.0 Å². The highest BCUT2D eigenvalue weighted by Gasteiger charge is 2.33. The van der Waals surface area contributed by atoms with E-state index in [1.807, 2.05) is 12.1 Å². The molecule has 3 heterocycles. The lowest BCUT2D eigenvalue weighted by Crippen LogP contribution is -2.17. The number of amides is 1. The van der Waals surface area contributed by atoms with Crippen LogP contribution in [-0.2, 0) is 32.0 Å². The maximum Gasteiger partial charge on any atom is 0.260 e. The van der Waals surface area contributed by atoms with Crippen LogP contribution in [0.4, 0.5) is 10.1 Å². The summed E-state index contributed by atoms with van der Waals surface area (Å²) >= 11 is 0. The summed E-state index contributed by atoms with van der Waals surface area (Å²) in [6.45, 7) is 0.255. The second kappa shape index (κ2) is 6.51. The van der Waals surface area contributed by atoms with E-state index in [4.69, 9.17) is 14.2 Å². The Labute approximate surface area is 149 Å². The van der Waals surface area contributed by atoms with Gasteiger partial charge in [0, 0.05) is 43.1 Å². The van der Waals surface area contributed by atoms with E-state index < -0.39 is 5.82 Å². The Bertz CT molecular complexity index is 922. The number of carbonyl (C=O) groups excluding carboxylic acids is 1. The number of fused-ring (bicyclic) bond motifs is 2. The van der Waals surface area contributed by atoms with Gasteiger partial charge in [-0.2, -0.15) is 0 Å². The van der Waals surface area contributed by atoms with Crippen LogP contribution in [0.1, 0.15) is 22.5 Å². The number of pyridine rings is 1. The zero-order valence-electron chi connectivity index (χ0n) is 14.3. The number of carbonyl (C=O) groups is 1. The van der Waals surface area contributed by atoms with Gasteiger partial charge in [-0.25, -0.2) is 4.39 Å². The summed E-state index contributed by atoms with van der Waals surface area (Å²) in [5.74, 6) is -0.289. The third-order valence-electron chi connectivity index (χ3n) is 4.48. The number of hydrogen-bond acceptors (Lipinski definition) is 5. The predicted molar refractivity (Wildman–Crippen MR) is 92.4 cm³/mol. The van der Waals surface area contributed by atoms with Gasteiger partial charge in [-0.3, -0.25) is 9.78 Å². The van der Waals surface area contributed by atoms with Crippen LogP contribution in [0.5, 0.6) is 0 Å². The summed E-state index contributed by atoms with van der Waals surface area (Å²) in [5.41, 5.74) is 3.68. The minimum Gasteiger partial charge on any atom is -0.486 e. The van der Waals surface area contributed by atoms with Crippen molar-refractivity contribution >= 4 is 22.9 Å². The Balaban J connectivity index is 1.74. The first kappa shape index (κ1) is 16.7. The summed E-state index contributed by atoms with van der Waals surface area (Å²) < 4.78 is 29.8. The number of nitrogens with one attached hydrogen (secondary N) is 1. The Hall–Kier alpha value is -2.77. The van der Waals surface area contributed by atoms with Crippen LogP contribution in [-0.4, -0.2) is 31.4 Å². The molecule has 0 saturated carbocycles. The summed E-state index contributed by atoms with van der Waals surface area (Å²) in [4.78, 5) is 17.0. The van der Waals surface area contributed by atoms with Crippen molar-refractivity contribution in [3.05, 3.63) is 58.7 Å². The van der Waals surface area contributed by atoms with Gasteiger partial charge in [0.15, 0.2) is 6.29 Å². The standard InChI is InChI=1S/C19H17FN2O4/c1-24-16(25-2)8-11-4-5-12-15(21-11)9-26-18(12)17-13-7-10(20)3-6-14(13)22-19(17)23/h3-7,16H,8-9H2,1-2H3,(H,22,23). The van der Waals surface area contributed by atoms with Crippen molar-refractivity contribution in [1.82, 2.24) is 4.98 Å². The zero-order chi connectivity index (χ0) is 18.3. The number of aromatic nitrogens is 1. The predicted octanol–water partition coefficient (Wildman–Crippen LogP) is 2.73. The molecule has 26 heavy (non-hydrogen) atoms. The molecule has 1 amide bonds. The van der Waals surface area contributed by atoms with E-state index >= 15 is 0 Å². The van der Waals surface area contributed by atoms with Crippen LogP contribution in [0, 0.1) is 5.82 Å². The highest BCUT2D eigenvalue weighted by molar-refractivity contribution is 6.36. The average Bonchev–Trinajstić information content (AvgIpc) is 3.18. The van der Waals surface area contributed by atoms with Crippen LogP contribution >= 0.6 is 0 Å². The van der Waals surface area contributed by atoms with E-state index in [0.717, 1.165) is 17.0 Å². The molecule has 4 rings (SSSR count). The fourth-order valence-corrected chi connectivity index (χ4v) is 3.20. The average molecular weight is 356 g/mol. The number of benzene rings is 1. The molecule has 1 aromatic carbocycles. The maximum atomic E-state index is 13.6. The third kappa shape index (κ3) is 2.75. The minimum atomic E-state index is -0.407. The first-order valence-electron chi connectivity index (χ1n) is 8.14. The Morgan fingerprint density at radius 2 is 2.04 bits per heavy atom. The molecule has 6 nitrogen and oxygen atoms in total. The smallest absolute Gasteiger partial charge is 0.260 e. The molecule has 0 aliphatic carbocycles. The molecule has 7 heteroatoms. The van der Waals surface area contributed by atoms with Gasteiger partial charge in [-0.15, -0.1) is 0 Å². The molecule has 0 atom stereocenters. The van der Waals surface area contributed by atoms with Crippen LogP contribution in [0.3, 0.4) is 0 Å². The van der Waals surface area contributed by atoms with Crippen LogP contribution in [0.15, 0.2) is 30.3 Å². The molecular formula is C19H17FN2O4. The van der Waals surface area contributed by atoms with Crippen molar-refractivity contribution in [2.45, 2.75) is 19.3 Å². The lowest BCUT2D eigenvalue weighted by atomic mass is 10.0. The molecule has 2 aromatic rings. The first-order valence-corrected chi connectivity index (χ1v) is 8.14. The van der Waals surface area contributed by atoms with Gasteiger partial charge in [-0.05, 0) is 30.3 Å². The number of halogens is 1.